The van der Waals surface area contributed by atoms with E-state index in [4.69, 9.17) is 9.84 Å². The molecule has 1 unspecified atom stereocenters. The van der Waals surface area contributed by atoms with Crippen molar-refractivity contribution in [1.29, 1.82) is 0 Å². The first-order valence-electron chi connectivity index (χ1n) is 6.68. The third-order valence-corrected chi connectivity index (χ3v) is 3.09. The van der Waals surface area contributed by atoms with Gasteiger partial charge in [-0.3, -0.25) is 4.79 Å². The van der Waals surface area contributed by atoms with Gasteiger partial charge in [0.15, 0.2) is 0 Å². The van der Waals surface area contributed by atoms with Crippen LogP contribution in [0.4, 0.5) is 0 Å². The first-order valence-corrected chi connectivity index (χ1v) is 6.68. The Morgan fingerprint density at radius 2 is 2.29 bits per heavy atom. The highest BCUT2D eigenvalue weighted by Gasteiger charge is 2.17. The molecule has 2 aromatic rings. The van der Waals surface area contributed by atoms with E-state index in [1.807, 2.05) is 24.3 Å². The van der Waals surface area contributed by atoms with Gasteiger partial charge >= 0.3 is 0 Å². The van der Waals surface area contributed by atoms with Crippen molar-refractivity contribution in [3.63, 3.8) is 0 Å². The van der Waals surface area contributed by atoms with E-state index >= 15 is 0 Å². The number of imidazole rings is 1. The van der Waals surface area contributed by atoms with Crippen LogP contribution in [0.1, 0.15) is 23.1 Å². The fourth-order valence-corrected chi connectivity index (χ4v) is 1.93. The molecule has 112 valence electrons. The van der Waals surface area contributed by atoms with Gasteiger partial charge in [-0.15, -0.1) is 0 Å². The van der Waals surface area contributed by atoms with Crippen molar-refractivity contribution in [2.75, 3.05) is 13.7 Å². The zero-order valence-corrected chi connectivity index (χ0v) is 12.3. The second-order valence-electron chi connectivity index (χ2n) is 4.85. The van der Waals surface area contributed by atoms with Crippen molar-refractivity contribution >= 4 is 5.91 Å². The second kappa shape index (κ2) is 6.41. The number of aliphatic hydroxyl groups is 1. The third kappa shape index (κ3) is 3.41. The number of benzene rings is 1. The van der Waals surface area contributed by atoms with E-state index in [1.54, 1.807) is 21.0 Å². The van der Waals surface area contributed by atoms with Crippen LogP contribution in [0.5, 0.6) is 5.75 Å². The summed E-state index contributed by atoms with van der Waals surface area (Å²) in [7, 11) is 1.60. The van der Waals surface area contributed by atoms with Crippen LogP contribution in [0.25, 0.3) is 11.4 Å². The number of aliphatic hydroxyl groups excluding tert-OH is 1. The molecule has 0 saturated carbocycles. The lowest BCUT2D eigenvalue weighted by molar-refractivity contribution is 0.0917. The molecule has 0 radical (unpaired) electrons. The molecule has 0 aliphatic rings. The number of aryl methyl sites for hydroxylation is 1. The summed E-state index contributed by atoms with van der Waals surface area (Å²) < 4.78 is 5.18. The first-order chi connectivity index (χ1) is 10.0. The second-order valence-corrected chi connectivity index (χ2v) is 4.85. The Bertz CT molecular complexity index is 637. The lowest BCUT2D eigenvalue weighted by atomic mass is 10.2. The number of methoxy groups -OCH3 is 1. The number of hydrogen-bond acceptors (Lipinski definition) is 4. The maximum absolute atomic E-state index is 12.1. The highest BCUT2D eigenvalue weighted by molar-refractivity contribution is 5.94. The minimum atomic E-state index is -0.311. The van der Waals surface area contributed by atoms with Crippen LogP contribution in [0.15, 0.2) is 24.3 Å². The number of amides is 1. The number of aromatic nitrogens is 2. The molecular weight excluding hydrogens is 270 g/mol. The van der Waals surface area contributed by atoms with Gasteiger partial charge in [0.25, 0.3) is 5.91 Å². The SMILES string of the molecule is COc1cccc(-c2nc(C(=O)NC(C)CO)c(C)[nH]2)c1. The van der Waals surface area contributed by atoms with E-state index in [2.05, 4.69) is 15.3 Å². The molecule has 1 heterocycles. The largest absolute Gasteiger partial charge is 0.497 e. The normalized spacial score (nSPS) is 12.0. The maximum Gasteiger partial charge on any atom is 0.272 e. The smallest absolute Gasteiger partial charge is 0.272 e. The molecule has 0 aliphatic carbocycles. The lowest BCUT2D eigenvalue weighted by Crippen LogP contribution is -2.35. The molecule has 6 heteroatoms. The van der Waals surface area contributed by atoms with Crippen LogP contribution in [0, 0.1) is 6.92 Å². The van der Waals surface area contributed by atoms with Crippen molar-refractivity contribution in [2.45, 2.75) is 19.9 Å². The third-order valence-electron chi connectivity index (χ3n) is 3.09. The molecule has 0 aliphatic heterocycles. The average molecular weight is 289 g/mol. The van der Waals surface area contributed by atoms with E-state index in [0.29, 0.717) is 17.2 Å². The van der Waals surface area contributed by atoms with Crippen LogP contribution in [0.2, 0.25) is 0 Å². The van der Waals surface area contributed by atoms with E-state index < -0.39 is 0 Å². The molecule has 1 amide bonds. The Morgan fingerprint density at radius 3 is 2.95 bits per heavy atom. The van der Waals surface area contributed by atoms with Crippen LogP contribution < -0.4 is 10.1 Å². The summed E-state index contributed by atoms with van der Waals surface area (Å²) in [6.07, 6.45) is 0. The van der Waals surface area contributed by atoms with E-state index in [0.717, 1.165) is 11.3 Å². The molecule has 21 heavy (non-hydrogen) atoms. The molecule has 0 spiro atoms. The van der Waals surface area contributed by atoms with Gasteiger partial charge in [0.1, 0.15) is 17.3 Å². The minimum Gasteiger partial charge on any atom is -0.497 e. The molecular formula is C15H19N3O3. The lowest BCUT2D eigenvalue weighted by Gasteiger charge is -2.09. The first kappa shape index (κ1) is 15.1. The van der Waals surface area contributed by atoms with Gasteiger partial charge in [0.2, 0.25) is 0 Å². The molecule has 1 atom stereocenters. The number of aromatic amines is 1. The minimum absolute atomic E-state index is 0.113. The molecule has 0 bridgehead atoms. The Balaban J connectivity index is 2.28. The van der Waals surface area contributed by atoms with Crippen LogP contribution in [0.3, 0.4) is 0 Å². The monoisotopic (exact) mass is 289 g/mol. The number of ether oxygens (including phenoxy) is 1. The summed E-state index contributed by atoms with van der Waals surface area (Å²) in [5, 5.41) is 11.7. The van der Waals surface area contributed by atoms with Gasteiger partial charge < -0.3 is 20.1 Å². The summed E-state index contributed by atoms with van der Waals surface area (Å²) in [5.41, 5.74) is 1.84. The summed E-state index contributed by atoms with van der Waals surface area (Å²) in [6, 6.07) is 7.12. The van der Waals surface area contributed by atoms with Crippen molar-refractivity contribution in [2.24, 2.45) is 0 Å². The highest BCUT2D eigenvalue weighted by atomic mass is 16.5. The number of hydrogen-bond donors (Lipinski definition) is 3. The Morgan fingerprint density at radius 1 is 1.52 bits per heavy atom. The number of carbonyl (C=O) groups excluding carboxylic acids is 1. The number of H-pyrrole nitrogens is 1. The summed E-state index contributed by atoms with van der Waals surface area (Å²) in [5.74, 6) is 1.02. The predicted molar refractivity (Wildman–Crippen MR) is 79.3 cm³/mol. The fourth-order valence-electron chi connectivity index (χ4n) is 1.93. The Kier molecular flexibility index (Phi) is 4.59. The Labute approximate surface area is 123 Å². The molecule has 1 aromatic carbocycles. The molecule has 3 N–H and O–H groups in total. The quantitative estimate of drug-likeness (QED) is 0.778. The van der Waals surface area contributed by atoms with Crippen molar-refractivity contribution in [3.8, 4) is 17.1 Å². The molecule has 6 nitrogen and oxygen atoms in total. The van der Waals surface area contributed by atoms with Gasteiger partial charge in [-0.1, -0.05) is 12.1 Å². The summed E-state index contributed by atoms with van der Waals surface area (Å²) >= 11 is 0. The van der Waals surface area contributed by atoms with E-state index in [9.17, 15) is 4.79 Å². The van der Waals surface area contributed by atoms with Gasteiger partial charge in [-0.05, 0) is 26.0 Å². The highest BCUT2D eigenvalue weighted by Crippen LogP contribution is 2.22. The number of nitrogens with zero attached hydrogens (tertiary/aromatic N) is 1. The van der Waals surface area contributed by atoms with Gasteiger partial charge in [0.05, 0.1) is 13.7 Å². The van der Waals surface area contributed by atoms with Crippen LogP contribution in [-0.4, -0.2) is 40.7 Å². The Hall–Kier alpha value is -2.34. The molecule has 2 rings (SSSR count). The van der Waals surface area contributed by atoms with Crippen LogP contribution >= 0.6 is 0 Å². The zero-order chi connectivity index (χ0) is 15.4. The number of carbonyl (C=O) groups is 1. The summed E-state index contributed by atoms with van der Waals surface area (Å²) in [4.78, 5) is 19.5. The zero-order valence-electron chi connectivity index (χ0n) is 12.3. The fraction of sp³-hybridized carbons (Fsp3) is 0.333. The van der Waals surface area contributed by atoms with Gasteiger partial charge in [0, 0.05) is 17.3 Å². The standard InChI is InChI=1S/C15H19N3O3/c1-9(8-19)16-15(20)13-10(2)17-14(18-13)11-5-4-6-12(7-11)21-3/h4-7,9,19H,8H2,1-3H3,(H,16,20)(H,17,18). The average Bonchev–Trinajstić information content (AvgIpc) is 2.89. The van der Waals surface area contributed by atoms with E-state index in [1.165, 1.54) is 0 Å². The van der Waals surface area contributed by atoms with Crippen molar-refractivity contribution < 1.29 is 14.6 Å². The van der Waals surface area contributed by atoms with Crippen molar-refractivity contribution in [3.05, 3.63) is 35.7 Å². The predicted octanol–water partition coefficient (Wildman–Crippen LogP) is 1.50. The van der Waals surface area contributed by atoms with Crippen molar-refractivity contribution in [1.82, 2.24) is 15.3 Å². The number of rotatable bonds is 5. The summed E-state index contributed by atoms with van der Waals surface area (Å²) in [6.45, 7) is 3.40. The molecule has 0 fully saturated rings. The van der Waals surface area contributed by atoms with E-state index in [-0.39, 0.29) is 18.6 Å². The van der Waals surface area contributed by atoms with Gasteiger partial charge in [-0.25, -0.2) is 4.98 Å². The maximum atomic E-state index is 12.1. The van der Waals surface area contributed by atoms with Crippen LogP contribution in [-0.2, 0) is 0 Å². The topological polar surface area (TPSA) is 87.2 Å². The van der Waals surface area contributed by atoms with Gasteiger partial charge in [-0.2, -0.15) is 0 Å². The molecule has 0 saturated heterocycles. The number of nitrogens with one attached hydrogen (secondary N) is 2. The molecule has 1 aromatic heterocycles.